The Labute approximate surface area is 194 Å². The number of aromatic nitrogens is 3. The van der Waals surface area contributed by atoms with E-state index in [9.17, 15) is 0 Å². The number of nitrogen functional groups attached to an aromatic ring is 1. The number of hydrogen-bond acceptors (Lipinski definition) is 8. The van der Waals surface area contributed by atoms with E-state index in [0.29, 0.717) is 36.6 Å². The summed E-state index contributed by atoms with van der Waals surface area (Å²) in [7, 11) is 2.16. The number of ether oxygens (including phenoxy) is 1. The van der Waals surface area contributed by atoms with Gasteiger partial charge in [-0.25, -0.2) is 4.98 Å². The molecule has 3 N–H and O–H groups in total. The molecule has 0 radical (unpaired) electrons. The maximum atomic E-state index is 6.20. The number of fused-ring (bicyclic) bond motifs is 3. The smallest absolute Gasteiger partial charge is 0.319 e. The second-order valence-corrected chi connectivity index (χ2v) is 9.66. The molecule has 3 saturated heterocycles. The molecule has 3 aliphatic heterocycles. The van der Waals surface area contributed by atoms with Crippen molar-refractivity contribution in [2.45, 2.75) is 43.8 Å². The van der Waals surface area contributed by atoms with Crippen LogP contribution in [0.25, 0.3) is 22.0 Å². The van der Waals surface area contributed by atoms with Gasteiger partial charge in [-0.3, -0.25) is 0 Å². The molecular weight excluding hydrogens is 414 g/mol. The Hall–Kier alpha value is -2.97. The van der Waals surface area contributed by atoms with Crippen LogP contribution in [-0.2, 0) is 0 Å². The molecule has 0 spiro atoms. The highest BCUT2D eigenvalue weighted by molar-refractivity contribution is 5.93. The van der Waals surface area contributed by atoms with Gasteiger partial charge in [-0.15, -0.1) is 0 Å². The van der Waals surface area contributed by atoms with Crippen LogP contribution in [0.1, 0.15) is 25.7 Å². The normalized spacial score (nSPS) is 25.1. The van der Waals surface area contributed by atoms with Gasteiger partial charge in [-0.2, -0.15) is 9.97 Å². The summed E-state index contributed by atoms with van der Waals surface area (Å²) in [5.41, 5.74) is 8.91. The van der Waals surface area contributed by atoms with Gasteiger partial charge >= 0.3 is 6.01 Å². The molecule has 8 nitrogen and oxygen atoms in total. The maximum Gasteiger partial charge on any atom is 0.319 e. The molecule has 1 aromatic carbocycles. The van der Waals surface area contributed by atoms with Gasteiger partial charge in [-0.05, 0) is 74.7 Å². The van der Waals surface area contributed by atoms with Gasteiger partial charge in [0.25, 0.3) is 0 Å². The second-order valence-electron chi connectivity index (χ2n) is 9.66. The molecule has 5 heterocycles. The number of likely N-dealkylation sites (tertiary alicyclic amines) is 1. The van der Waals surface area contributed by atoms with Crippen molar-refractivity contribution in [3.8, 4) is 17.1 Å². The van der Waals surface area contributed by atoms with Crippen LogP contribution in [0.5, 0.6) is 6.01 Å². The van der Waals surface area contributed by atoms with Crippen LogP contribution in [-0.4, -0.2) is 71.3 Å². The number of rotatable bonds is 5. The number of benzene rings is 1. The van der Waals surface area contributed by atoms with E-state index in [1.165, 1.54) is 19.3 Å². The Kier molecular flexibility index (Phi) is 5.27. The lowest BCUT2D eigenvalue weighted by molar-refractivity contribution is 0.188. The molecular formula is C25H31N7O. The van der Waals surface area contributed by atoms with E-state index in [2.05, 4.69) is 45.3 Å². The second kappa shape index (κ2) is 8.43. The fourth-order valence-corrected chi connectivity index (χ4v) is 5.54. The molecule has 3 aromatic rings. The average Bonchev–Trinajstić information content (AvgIpc) is 3.40. The molecule has 3 atom stereocenters. The molecule has 2 bridgehead atoms. The van der Waals surface area contributed by atoms with Gasteiger partial charge in [0.05, 0.1) is 5.52 Å². The zero-order valence-electron chi connectivity index (χ0n) is 19.1. The molecule has 33 heavy (non-hydrogen) atoms. The lowest BCUT2D eigenvalue weighted by Gasteiger charge is -2.34. The Morgan fingerprint density at radius 2 is 1.88 bits per heavy atom. The minimum atomic E-state index is 0.425. The molecule has 2 aromatic heterocycles. The molecule has 172 valence electrons. The molecule has 0 saturated carbocycles. The number of piperazine rings is 1. The van der Waals surface area contributed by atoms with E-state index in [4.69, 9.17) is 20.4 Å². The molecule has 6 rings (SSSR count). The summed E-state index contributed by atoms with van der Waals surface area (Å²) in [6.07, 6.45) is 6.58. The monoisotopic (exact) mass is 445 g/mol. The standard InChI is InChI=1S/C25H31N7O/c1-31-10-2-3-20(31)15-33-25-29-22-11-16(17-8-9-27-23(26)12-17)4-7-21(22)24(30-25)32-13-18-5-6-19(14-32)28-18/h4,7-9,11-12,18-20,28H,2-3,5-6,10,13-15H2,1H3,(H2,26,27)/t18?,19?,20-/m0/s1. The van der Waals surface area contributed by atoms with Gasteiger partial charge in [0, 0.05) is 42.8 Å². The summed E-state index contributed by atoms with van der Waals surface area (Å²) in [5, 5.41) is 4.78. The fraction of sp³-hybridized carbons (Fsp3) is 0.480. The number of nitrogens with two attached hydrogens (primary N) is 1. The minimum Gasteiger partial charge on any atom is -0.462 e. The fourth-order valence-electron chi connectivity index (χ4n) is 5.54. The first-order chi connectivity index (χ1) is 16.1. The van der Waals surface area contributed by atoms with E-state index >= 15 is 0 Å². The predicted molar refractivity (Wildman–Crippen MR) is 130 cm³/mol. The van der Waals surface area contributed by atoms with Crippen LogP contribution in [0.3, 0.4) is 0 Å². The number of hydrogen-bond donors (Lipinski definition) is 2. The zero-order valence-corrected chi connectivity index (χ0v) is 19.1. The molecule has 3 aliphatic rings. The van der Waals surface area contributed by atoms with E-state index < -0.39 is 0 Å². The van der Waals surface area contributed by atoms with Gasteiger partial charge in [0.1, 0.15) is 18.2 Å². The third-order valence-electron chi connectivity index (χ3n) is 7.36. The van der Waals surface area contributed by atoms with Crippen molar-refractivity contribution in [1.29, 1.82) is 0 Å². The molecule has 3 fully saturated rings. The van der Waals surface area contributed by atoms with Crippen LogP contribution in [0.2, 0.25) is 0 Å². The highest BCUT2D eigenvalue weighted by Gasteiger charge is 2.33. The van der Waals surface area contributed by atoms with E-state index in [1.54, 1.807) is 6.20 Å². The first kappa shape index (κ1) is 20.6. The molecule has 8 heteroatoms. The predicted octanol–water partition coefficient (Wildman–Crippen LogP) is 2.69. The Balaban J connectivity index is 1.38. The lowest BCUT2D eigenvalue weighted by atomic mass is 10.0. The van der Waals surface area contributed by atoms with Crippen molar-refractivity contribution in [2.24, 2.45) is 0 Å². The summed E-state index contributed by atoms with van der Waals surface area (Å²) >= 11 is 0. The third-order valence-corrected chi connectivity index (χ3v) is 7.36. The van der Waals surface area contributed by atoms with Crippen LogP contribution in [0.15, 0.2) is 36.5 Å². The third kappa shape index (κ3) is 4.09. The quantitative estimate of drug-likeness (QED) is 0.619. The Bertz CT molecular complexity index is 1160. The minimum absolute atomic E-state index is 0.425. The summed E-state index contributed by atoms with van der Waals surface area (Å²) in [6.45, 7) is 3.68. The molecule has 0 amide bonds. The number of pyridine rings is 1. The van der Waals surface area contributed by atoms with Crippen molar-refractivity contribution >= 4 is 22.5 Å². The lowest BCUT2D eigenvalue weighted by Crippen LogP contribution is -2.51. The van der Waals surface area contributed by atoms with Crippen molar-refractivity contribution < 1.29 is 4.74 Å². The highest BCUT2D eigenvalue weighted by Crippen LogP contribution is 2.33. The Morgan fingerprint density at radius 3 is 2.64 bits per heavy atom. The zero-order chi connectivity index (χ0) is 22.4. The SMILES string of the molecule is CN1CCC[C@H]1COc1nc(N2CC3CCC(C2)N3)c2ccc(-c3ccnc(N)c3)cc2n1. The van der Waals surface area contributed by atoms with Crippen LogP contribution < -0.4 is 20.7 Å². The van der Waals surface area contributed by atoms with Crippen LogP contribution in [0.4, 0.5) is 11.6 Å². The van der Waals surface area contributed by atoms with Crippen molar-refractivity contribution in [3.63, 3.8) is 0 Å². The largest absolute Gasteiger partial charge is 0.462 e. The van der Waals surface area contributed by atoms with Crippen molar-refractivity contribution in [2.75, 3.05) is 43.9 Å². The van der Waals surface area contributed by atoms with Gasteiger partial charge in [0.15, 0.2) is 0 Å². The van der Waals surface area contributed by atoms with Crippen LogP contribution in [0, 0.1) is 0 Å². The number of anilines is 2. The van der Waals surface area contributed by atoms with Gasteiger partial charge in [-0.1, -0.05) is 6.07 Å². The number of nitrogens with zero attached hydrogens (tertiary/aromatic N) is 5. The Morgan fingerprint density at radius 1 is 1.06 bits per heavy atom. The van der Waals surface area contributed by atoms with Gasteiger partial charge in [0.2, 0.25) is 0 Å². The summed E-state index contributed by atoms with van der Waals surface area (Å²) in [6, 6.07) is 12.2. The van der Waals surface area contributed by atoms with E-state index in [1.807, 2.05) is 12.1 Å². The number of nitrogens with one attached hydrogen (secondary N) is 1. The summed E-state index contributed by atoms with van der Waals surface area (Å²) < 4.78 is 6.20. The summed E-state index contributed by atoms with van der Waals surface area (Å²) in [5.74, 6) is 1.49. The highest BCUT2D eigenvalue weighted by atomic mass is 16.5. The van der Waals surface area contributed by atoms with Crippen molar-refractivity contribution in [3.05, 3.63) is 36.5 Å². The topological polar surface area (TPSA) is 92.4 Å². The first-order valence-electron chi connectivity index (χ1n) is 12.0. The van der Waals surface area contributed by atoms with Crippen LogP contribution >= 0.6 is 0 Å². The number of likely N-dealkylation sites (N-methyl/N-ethyl adjacent to an activating group) is 1. The van der Waals surface area contributed by atoms with Gasteiger partial charge < -0.3 is 25.6 Å². The van der Waals surface area contributed by atoms with E-state index in [0.717, 1.165) is 53.9 Å². The average molecular weight is 446 g/mol. The maximum absolute atomic E-state index is 6.20. The molecule has 2 unspecified atom stereocenters. The summed E-state index contributed by atoms with van der Waals surface area (Å²) in [4.78, 5) is 18.7. The molecule has 0 aliphatic carbocycles. The first-order valence-corrected chi connectivity index (χ1v) is 12.0. The van der Waals surface area contributed by atoms with Crippen molar-refractivity contribution in [1.82, 2.24) is 25.2 Å². The van der Waals surface area contributed by atoms with E-state index in [-0.39, 0.29) is 0 Å².